The molecule has 0 saturated carbocycles. The summed E-state index contributed by atoms with van der Waals surface area (Å²) < 4.78 is 43.7. The molecule has 1 N–H and O–H groups in total. The first-order valence-corrected chi connectivity index (χ1v) is 5.93. The molecule has 0 spiro atoms. The van der Waals surface area contributed by atoms with Gasteiger partial charge in [0.05, 0.1) is 30.3 Å². The largest absolute Gasteiger partial charge is 0.418 e. The SMILES string of the molecule is C=C(Nc1ccccc1C(F)(F)F)N1CCOCC1. The first-order valence-electron chi connectivity index (χ1n) is 5.93. The van der Waals surface area contributed by atoms with Gasteiger partial charge in [-0.1, -0.05) is 18.7 Å². The molecule has 2 rings (SSSR count). The molecule has 1 aliphatic heterocycles. The molecule has 19 heavy (non-hydrogen) atoms. The van der Waals surface area contributed by atoms with E-state index >= 15 is 0 Å². The summed E-state index contributed by atoms with van der Waals surface area (Å²) in [5, 5.41) is 2.74. The van der Waals surface area contributed by atoms with Crippen molar-refractivity contribution in [3.05, 3.63) is 42.2 Å². The quantitative estimate of drug-likeness (QED) is 0.915. The Kier molecular flexibility index (Phi) is 3.99. The fourth-order valence-electron chi connectivity index (χ4n) is 1.91. The second kappa shape index (κ2) is 5.52. The van der Waals surface area contributed by atoms with E-state index in [0.717, 1.165) is 6.07 Å². The number of para-hydroxylation sites is 1. The predicted octanol–water partition coefficient (Wildman–Crippen LogP) is 2.92. The van der Waals surface area contributed by atoms with Crippen LogP contribution in [0.3, 0.4) is 0 Å². The number of hydrogen-bond acceptors (Lipinski definition) is 3. The first-order chi connectivity index (χ1) is 8.98. The Morgan fingerprint density at radius 1 is 1.21 bits per heavy atom. The Morgan fingerprint density at radius 3 is 2.47 bits per heavy atom. The maximum Gasteiger partial charge on any atom is 0.418 e. The van der Waals surface area contributed by atoms with Crippen molar-refractivity contribution in [2.75, 3.05) is 31.6 Å². The number of benzene rings is 1. The molecule has 0 aliphatic carbocycles. The molecule has 1 aromatic carbocycles. The lowest BCUT2D eigenvalue weighted by Gasteiger charge is -2.31. The Labute approximate surface area is 109 Å². The average Bonchev–Trinajstić information content (AvgIpc) is 2.39. The minimum Gasteiger partial charge on any atom is -0.378 e. The van der Waals surface area contributed by atoms with Gasteiger partial charge in [0.1, 0.15) is 0 Å². The van der Waals surface area contributed by atoms with Crippen LogP contribution in [0.2, 0.25) is 0 Å². The van der Waals surface area contributed by atoms with Crippen LogP contribution in [-0.2, 0) is 10.9 Å². The fourth-order valence-corrected chi connectivity index (χ4v) is 1.91. The molecule has 1 saturated heterocycles. The molecule has 3 nitrogen and oxygen atoms in total. The van der Waals surface area contributed by atoms with Crippen LogP contribution in [0.15, 0.2) is 36.7 Å². The number of ether oxygens (including phenoxy) is 1. The zero-order chi connectivity index (χ0) is 13.9. The third-order valence-corrected chi connectivity index (χ3v) is 2.90. The van der Waals surface area contributed by atoms with E-state index < -0.39 is 11.7 Å². The molecular formula is C13H15F3N2O. The molecule has 0 atom stereocenters. The zero-order valence-electron chi connectivity index (χ0n) is 10.3. The lowest BCUT2D eigenvalue weighted by molar-refractivity contribution is -0.136. The van der Waals surface area contributed by atoms with Gasteiger partial charge in [-0.15, -0.1) is 0 Å². The predicted molar refractivity (Wildman–Crippen MR) is 66.6 cm³/mol. The second-order valence-corrected chi connectivity index (χ2v) is 4.21. The van der Waals surface area contributed by atoms with Crippen molar-refractivity contribution < 1.29 is 17.9 Å². The monoisotopic (exact) mass is 272 g/mol. The second-order valence-electron chi connectivity index (χ2n) is 4.21. The van der Waals surface area contributed by atoms with Gasteiger partial charge in [-0.05, 0) is 12.1 Å². The van der Waals surface area contributed by atoms with Crippen LogP contribution in [0, 0.1) is 0 Å². The van der Waals surface area contributed by atoms with E-state index in [-0.39, 0.29) is 5.69 Å². The van der Waals surface area contributed by atoms with Crippen LogP contribution in [0.5, 0.6) is 0 Å². The van der Waals surface area contributed by atoms with E-state index in [0.29, 0.717) is 32.1 Å². The third-order valence-electron chi connectivity index (χ3n) is 2.90. The third kappa shape index (κ3) is 3.41. The lowest BCUT2D eigenvalue weighted by atomic mass is 10.1. The summed E-state index contributed by atoms with van der Waals surface area (Å²) >= 11 is 0. The molecule has 0 aromatic heterocycles. The Bertz CT molecular complexity index is 453. The standard InChI is InChI=1S/C13H15F3N2O/c1-10(18-6-8-19-9-7-18)17-12-5-3-2-4-11(12)13(14,15)16/h2-5,17H,1,6-9H2. The summed E-state index contributed by atoms with van der Waals surface area (Å²) in [7, 11) is 0. The maximum absolute atomic E-state index is 12.8. The molecule has 1 fully saturated rings. The Balaban J connectivity index is 2.12. The van der Waals surface area contributed by atoms with Crippen LogP contribution in [0.4, 0.5) is 18.9 Å². The van der Waals surface area contributed by atoms with Crippen LogP contribution in [0.1, 0.15) is 5.56 Å². The summed E-state index contributed by atoms with van der Waals surface area (Å²) in [6.45, 7) is 6.15. The molecule has 0 unspecified atom stereocenters. The molecule has 0 amide bonds. The van der Waals surface area contributed by atoms with Gasteiger partial charge < -0.3 is 15.0 Å². The van der Waals surface area contributed by atoms with Crippen LogP contribution < -0.4 is 5.32 Å². The van der Waals surface area contributed by atoms with Crippen molar-refractivity contribution in [3.8, 4) is 0 Å². The number of alkyl halides is 3. The molecule has 104 valence electrons. The molecule has 1 aromatic rings. The average molecular weight is 272 g/mol. The maximum atomic E-state index is 12.8. The summed E-state index contributed by atoms with van der Waals surface area (Å²) in [6.07, 6.45) is -4.38. The van der Waals surface area contributed by atoms with E-state index in [2.05, 4.69) is 11.9 Å². The highest BCUT2D eigenvalue weighted by atomic mass is 19.4. The van der Waals surface area contributed by atoms with Crippen molar-refractivity contribution in [1.29, 1.82) is 0 Å². The van der Waals surface area contributed by atoms with E-state index in [1.165, 1.54) is 12.1 Å². The molecule has 1 aliphatic rings. The number of nitrogens with zero attached hydrogens (tertiary/aromatic N) is 1. The number of anilines is 1. The number of halogens is 3. The normalized spacial score (nSPS) is 16.3. The number of morpholine rings is 1. The summed E-state index contributed by atoms with van der Waals surface area (Å²) in [4.78, 5) is 1.87. The minimum atomic E-state index is -4.38. The highest BCUT2D eigenvalue weighted by Crippen LogP contribution is 2.35. The Morgan fingerprint density at radius 2 is 1.84 bits per heavy atom. The summed E-state index contributed by atoms with van der Waals surface area (Å²) in [6, 6.07) is 5.37. The van der Waals surface area contributed by atoms with Crippen LogP contribution in [0.25, 0.3) is 0 Å². The smallest absolute Gasteiger partial charge is 0.378 e. The lowest BCUT2D eigenvalue weighted by Crippen LogP contribution is -2.37. The van der Waals surface area contributed by atoms with Gasteiger partial charge >= 0.3 is 6.18 Å². The minimum absolute atomic E-state index is 0.0199. The number of hydrogen-bond donors (Lipinski definition) is 1. The van der Waals surface area contributed by atoms with E-state index in [1.54, 1.807) is 6.07 Å². The van der Waals surface area contributed by atoms with Gasteiger partial charge in [0.15, 0.2) is 0 Å². The van der Waals surface area contributed by atoms with Crippen molar-refractivity contribution >= 4 is 5.69 Å². The molecule has 0 bridgehead atoms. The van der Waals surface area contributed by atoms with Crippen molar-refractivity contribution in [2.45, 2.75) is 6.18 Å². The van der Waals surface area contributed by atoms with E-state index in [1.807, 2.05) is 4.90 Å². The highest BCUT2D eigenvalue weighted by Gasteiger charge is 2.33. The zero-order valence-corrected chi connectivity index (χ0v) is 10.3. The van der Waals surface area contributed by atoms with Gasteiger partial charge in [0.25, 0.3) is 0 Å². The van der Waals surface area contributed by atoms with Crippen LogP contribution in [-0.4, -0.2) is 31.2 Å². The topological polar surface area (TPSA) is 24.5 Å². The van der Waals surface area contributed by atoms with Gasteiger partial charge in [-0.2, -0.15) is 13.2 Å². The summed E-state index contributed by atoms with van der Waals surface area (Å²) in [5.74, 6) is 0.458. The van der Waals surface area contributed by atoms with E-state index in [4.69, 9.17) is 4.74 Å². The van der Waals surface area contributed by atoms with Crippen molar-refractivity contribution in [2.24, 2.45) is 0 Å². The van der Waals surface area contributed by atoms with Gasteiger partial charge in [-0.3, -0.25) is 0 Å². The molecule has 0 radical (unpaired) electrons. The molecule has 1 heterocycles. The van der Waals surface area contributed by atoms with E-state index in [9.17, 15) is 13.2 Å². The van der Waals surface area contributed by atoms with Gasteiger partial charge in [-0.25, -0.2) is 0 Å². The summed E-state index contributed by atoms with van der Waals surface area (Å²) in [5.41, 5.74) is -0.670. The number of rotatable bonds is 3. The first kappa shape index (κ1) is 13.7. The molecule has 6 heteroatoms. The number of nitrogens with one attached hydrogen (secondary N) is 1. The van der Waals surface area contributed by atoms with Crippen molar-refractivity contribution in [3.63, 3.8) is 0 Å². The fraction of sp³-hybridized carbons (Fsp3) is 0.385. The highest BCUT2D eigenvalue weighted by molar-refractivity contribution is 5.55. The van der Waals surface area contributed by atoms with Crippen LogP contribution >= 0.6 is 0 Å². The van der Waals surface area contributed by atoms with Gasteiger partial charge in [0, 0.05) is 13.1 Å². The molecular weight excluding hydrogens is 257 g/mol. The van der Waals surface area contributed by atoms with Gasteiger partial charge in [0.2, 0.25) is 0 Å². The van der Waals surface area contributed by atoms with Crippen molar-refractivity contribution in [1.82, 2.24) is 4.90 Å². The Hall–Kier alpha value is -1.69.